The van der Waals surface area contributed by atoms with Gasteiger partial charge in [-0.05, 0) is 74.3 Å². The SMILES string of the molecule is C[C@H]([C@H]1C[C@@H]2CC[C@@H]1C2)n1c(SCC(=O)Nc2cccc(S(N)(=O)=O)c2)nnc1-c1ccco1. The lowest BCUT2D eigenvalue weighted by molar-refractivity contribution is -0.113. The summed E-state index contributed by atoms with van der Waals surface area (Å²) in [5.74, 6) is 3.23. The van der Waals surface area contributed by atoms with E-state index in [0.717, 1.165) is 11.8 Å². The Morgan fingerprint density at radius 3 is 2.79 bits per heavy atom. The van der Waals surface area contributed by atoms with Crippen LogP contribution in [0.3, 0.4) is 0 Å². The lowest BCUT2D eigenvalue weighted by atomic mass is 9.84. The second-order valence-electron chi connectivity index (χ2n) is 9.14. The second-order valence-corrected chi connectivity index (χ2v) is 11.6. The van der Waals surface area contributed by atoms with Crippen molar-refractivity contribution in [3.05, 3.63) is 42.7 Å². The molecule has 1 amide bonds. The first-order valence-electron chi connectivity index (χ1n) is 11.3. The number of nitrogens with zero attached hydrogens (tertiary/aromatic N) is 3. The predicted octanol–water partition coefficient (Wildman–Crippen LogP) is 3.91. The molecule has 11 heteroatoms. The third-order valence-electron chi connectivity index (χ3n) is 7.00. The maximum atomic E-state index is 12.6. The lowest BCUT2D eigenvalue weighted by Crippen LogP contribution is -2.23. The van der Waals surface area contributed by atoms with Gasteiger partial charge >= 0.3 is 0 Å². The molecule has 4 atom stereocenters. The third-order valence-corrected chi connectivity index (χ3v) is 8.86. The van der Waals surface area contributed by atoms with E-state index in [-0.39, 0.29) is 22.6 Å². The monoisotopic (exact) mass is 501 g/mol. The van der Waals surface area contributed by atoms with Crippen LogP contribution in [0.4, 0.5) is 5.69 Å². The highest BCUT2D eigenvalue weighted by Gasteiger charge is 2.43. The van der Waals surface area contributed by atoms with Crippen molar-refractivity contribution in [3.8, 4) is 11.6 Å². The summed E-state index contributed by atoms with van der Waals surface area (Å²) in [4.78, 5) is 12.6. The van der Waals surface area contributed by atoms with Crippen molar-refractivity contribution < 1.29 is 17.6 Å². The molecule has 180 valence electrons. The molecule has 2 bridgehead atoms. The van der Waals surface area contributed by atoms with Gasteiger partial charge in [0.1, 0.15) is 0 Å². The summed E-state index contributed by atoms with van der Waals surface area (Å²) in [6.07, 6.45) is 6.74. The Bertz CT molecular complexity index is 1290. The van der Waals surface area contributed by atoms with Crippen LogP contribution in [0.25, 0.3) is 11.6 Å². The first-order valence-corrected chi connectivity index (χ1v) is 13.9. The Labute approximate surface area is 202 Å². The zero-order valence-corrected chi connectivity index (χ0v) is 20.4. The molecule has 2 heterocycles. The summed E-state index contributed by atoms with van der Waals surface area (Å²) < 4.78 is 30.9. The van der Waals surface area contributed by atoms with E-state index in [0.29, 0.717) is 28.3 Å². The van der Waals surface area contributed by atoms with Gasteiger partial charge in [0, 0.05) is 11.7 Å². The molecule has 9 nitrogen and oxygen atoms in total. The van der Waals surface area contributed by atoms with Crippen LogP contribution < -0.4 is 10.5 Å². The molecular weight excluding hydrogens is 474 g/mol. The zero-order valence-electron chi connectivity index (χ0n) is 18.8. The van der Waals surface area contributed by atoms with Gasteiger partial charge in [-0.15, -0.1) is 10.2 Å². The predicted molar refractivity (Wildman–Crippen MR) is 129 cm³/mol. The minimum absolute atomic E-state index is 0.0551. The molecule has 0 aliphatic heterocycles. The number of primary sulfonamides is 1. The molecule has 5 rings (SSSR count). The van der Waals surface area contributed by atoms with Gasteiger partial charge in [-0.25, -0.2) is 13.6 Å². The fourth-order valence-corrected chi connectivity index (χ4v) is 6.85. The van der Waals surface area contributed by atoms with Crippen molar-refractivity contribution in [3.63, 3.8) is 0 Å². The summed E-state index contributed by atoms with van der Waals surface area (Å²) in [5.41, 5.74) is 0.366. The molecule has 3 aromatic rings. The number of nitrogens with two attached hydrogens (primary N) is 1. The number of thioether (sulfide) groups is 1. The molecule has 2 aliphatic rings. The third kappa shape index (κ3) is 4.64. The van der Waals surface area contributed by atoms with E-state index < -0.39 is 10.0 Å². The quantitative estimate of drug-likeness (QED) is 0.447. The van der Waals surface area contributed by atoms with E-state index in [1.165, 1.54) is 55.6 Å². The van der Waals surface area contributed by atoms with Crippen LogP contribution in [0.5, 0.6) is 0 Å². The highest BCUT2D eigenvalue weighted by Crippen LogP contribution is 2.53. The second kappa shape index (κ2) is 9.20. The topological polar surface area (TPSA) is 133 Å². The lowest BCUT2D eigenvalue weighted by Gasteiger charge is -2.30. The minimum Gasteiger partial charge on any atom is -0.461 e. The summed E-state index contributed by atoms with van der Waals surface area (Å²) in [5, 5.41) is 17.4. The number of carbonyl (C=O) groups is 1. The Balaban J connectivity index is 1.33. The molecule has 2 aliphatic carbocycles. The largest absolute Gasteiger partial charge is 0.461 e. The Kier molecular flexibility index (Phi) is 6.26. The number of sulfonamides is 1. The Morgan fingerprint density at radius 2 is 2.12 bits per heavy atom. The van der Waals surface area contributed by atoms with Gasteiger partial charge < -0.3 is 9.73 Å². The van der Waals surface area contributed by atoms with E-state index in [1.807, 2.05) is 12.1 Å². The molecule has 2 aromatic heterocycles. The van der Waals surface area contributed by atoms with Crippen molar-refractivity contribution >= 4 is 33.4 Å². The summed E-state index contributed by atoms with van der Waals surface area (Å²) in [7, 11) is -3.85. The maximum Gasteiger partial charge on any atom is 0.238 e. The molecule has 2 fully saturated rings. The van der Waals surface area contributed by atoms with Crippen LogP contribution in [0.15, 0.2) is 57.1 Å². The number of carbonyl (C=O) groups excluding carboxylic acids is 1. The van der Waals surface area contributed by atoms with Crippen molar-refractivity contribution in [2.24, 2.45) is 22.9 Å². The highest BCUT2D eigenvalue weighted by atomic mass is 32.2. The molecule has 0 spiro atoms. The summed E-state index contributed by atoms with van der Waals surface area (Å²) in [6.45, 7) is 2.21. The van der Waals surface area contributed by atoms with Gasteiger partial charge in [0.25, 0.3) is 0 Å². The average Bonchev–Trinajstić information content (AvgIpc) is 3.60. The fourth-order valence-electron chi connectivity index (χ4n) is 5.47. The van der Waals surface area contributed by atoms with Gasteiger partial charge in [-0.3, -0.25) is 9.36 Å². The number of fused-ring (bicyclic) bond motifs is 2. The van der Waals surface area contributed by atoms with E-state index in [2.05, 4.69) is 27.0 Å². The van der Waals surface area contributed by atoms with Crippen LogP contribution in [0.1, 0.15) is 38.6 Å². The van der Waals surface area contributed by atoms with Crippen molar-refractivity contribution in [1.29, 1.82) is 0 Å². The Hall–Kier alpha value is -2.63. The van der Waals surface area contributed by atoms with Gasteiger partial charge in [0.2, 0.25) is 21.8 Å². The van der Waals surface area contributed by atoms with E-state index in [1.54, 1.807) is 12.3 Å². The van der Waals surface area contributed by atoms with Crippen LogP contribution in [0, 0.1) is 17.8 Å². The first kappa shape index (κ1) is 23.1. The van der Waals surface area contributed by atoms with Crippen molar-refractivity contribution in [2.45, 2.75) is 48.7 Å². The van der Waals surface area contributed by atoms with E-state index >= 15 is 0 Å². The first-order chi connectivity index (χ1) is 16.3. The minimum atomic E-state index is -3.85. The highest BCUT2D eigenvalue weighted by molar-refractivity contribution is 7.99. The van der Waals surface area contributed by atoms with E-state index in [9.17, 15) is 13.2 Å². The summed E-state index contributed by atoms with van der Waals surface area (Å²) >= 11 is 1.30. The van der Waals surface area contributed by atoms with Gasteiger partial charge in [0.15, 0.2) is 10.9 Å². The number of benzene rings is 1. The molecule has 34 heavy (non-hydrogen) atoms. The number of anilines is 1. The van der Waals surface area contributed by atoms with Crippen LogP contribution in [-0.2, 0) is 14.8 Å². The molecule has 3 N–H and O–H groups in total. The number of furan rings is 1. The molecule has 0 saturated heterocycles. The van der Waals surface area contributed by atoms with Gasteiger partial charge in [0.05, 0.1) is 16.9 Å². The maximum absolute atomic E-state index is 12.6. The molecule has 1 aromatic carbocycles. The fraction of sp³-hybridized carbons (Fsp3) is 0.435. The molecule has 2 saturated carbocycles. The van der Waals surface area contributed by atoms with Gasteiger partial charge in [-0.1, -0.05) is 24.2 Å². The number of hydrogen-bond acceptors (Lipinski definition) is 7. The molecular formula is C23H27N5O4S2. The number of aromatic nitrogens is 3. The average molecular weight is 502 g/mol. The van der Waals surface area contributed by atoms with Crippen molar-refractivity contribution in [2.75, 3.05) is 11.1 Å². The zero-order chi connectivity index (χ0) is 23.9. The number of rotatable bonds is 8. The van der Waals surface area contributed by atoms with Crippen LogP contribution >= 0.6 is 11.8 Å². The number of nitrogens with one attached hydrogen (secondary N) is 1. The molecule has 0 unspecified atom stereocenters. The van der Waals surface area contributed by atoms with E-state index in [4.69, 9.17) is 9.56 Å². The number of hydrogen-bond donors (Lipinski definition) is 2. The summed E-state index contributed by atoms with van der Waals surface area (Å²) in [6, 6.07) is 9.75. The van der Waals surface area contributed by atoms with Crippen LogP contribution in [0.2, 0.25) is 0 Å². The normalized spacial score (nSPS) is 22.7. The van der Waals surface area contributed by atoms with Gasteiger partial charge in [-0.2, -0.15) is 0 Å². The standard InChI is InChI=1S/C23H27N5O4S2/c1-14(19-11-15-7-8-16(19)10-15)28-22(20-6-3-9-32-20)26-27-23(28)33-13-21(29)25-17-4-2-5-18(12-17)34(24,30)31/h2-6,9,12,14-16,19H,7-8,10-11,13H2,1H3,(H,25,29)(H2,24,30,31)/t14-,15-,16-,19-/m1/s1. The van der Waals surface area contributed by atoms with Crippen LogP contribution in [-0.4, -0.2) is 34.8 Å². The molecule has 0 radical (unpaired) electrons. The number of amides is 1. The Morgan fingerprint density at radius 1 is 1.26 bits per heavy atom. The van der Waals surface area contributed by atoms with Crippen molar-refractivity contribution in [1.82, 2.24) is 14.8 Å². The smallest absolute Gasteiger partial charge is 0.238 e.